The quantitative estimate of drug-likeness (QED) is 0.734. The highest BCUT2D eigenvalue weighted by Crippen LogP contribution is 2.16. The van der Waals surface area contributed by atoms with Crippen molar-refractivity contribution in [2.75, 3.05) is 0 Å². The van der Waals surface area contributed by atoms with E-state index in [2.05, 4.69) is 12.2 Å². The molecule has 2 aromatic carbocycles. The van der Waals surface area contributed by atoms with Gasteiger partial charge in [-0.3, -0.25) is 4.79 Å². The number of carbonyl (C=O) groups is 1. The van der Waals surface area contributed by atoms with E-state index in [1.165, 1.54) is 12.1 Å². The van der Waals surface area contributed by atoms with Crippen molar-refractivity contribution in [1.82, 2.24) is 5.32 Å². The van der Waals surface area contributed by atoms with Crippen LogP contribution in [0.5, 0.6) is 5.75 Å². The van der Waals surface area contributed by atoms with E-state index >= 15 is 0 Å². The van der Waals surface area contributed by atoms with Gasteiger partial charge in [-0.25, -0.2) is 4.39 Å². The van der Waals surface area contributed by atoms with E-state index in [9.17, 15) is 9.18 Å². The number of nitrogens with one attached hydrogen (secondary N) is 1. The van der Waals surface area contributed by atoms with Gasteiger partial charge in [-0.2, -0.15) is 0 Å². The Hall–Kier alpha value is -2.40. The highest BCUT2D eigenvalue weighted by molar-refractivity contribution is 5.79. The molecule has 0 unspecified atom stereocenters. The molecule has 0 radical (unpaired) electrons. The number of nitrogens with two attached hydrogens (primary N) is 1. The zero-order valence-electron chi connectivity index (χ0n) is 14.7. The third-order valence-electron chi connectivity index (χ3n) is 4.13. The molecule has 0 saturated heterocycles. The van der Waals surface area contributed by atoms with Gasteiger partial charge in [0.05, 0.1) is 6.04 Å². The third kappa shape index (κ3) is 6.19. The van der Waals surface area contributed by atoms with E-state index in [4.69, 9.17) is 10.5 Å². The molecule has 1 amide bonds. The largest absolute Gasteiger partial charge is 0.489 e. The first kappa shape index (κ1) is 18.9. The summed E-state index contributed by atoms with van der Waals surface area (Å²) in [5.41, 5.74) is 7.38. The van der Waals surface area contributed by atoms with E-state index in [1.54, 1.807) is 19.1 Å². The molecule has 0 spiro atoms. The first-order valence-electron chi connectivity index (χ1n) is 8.49. The lowest BCUT2D eigenvalue weighted by molar-refractivity contribution is -0.119. The van der Waals surface area contributed by atoms with Crippen LogP contribution in [0.3, 0.4) is 0 Å². The molecule has 2 rings (SSSR count). The predicted octanol–water partition coefficient (Wildman–Crippen LogP) is 3.19. The Labute approximate surface area is 148 Å². The van der Waals surface area contributed by atoms with Crippen LogP contribution in [0.1, 0.15) is 31.4 Å². The number of hydrogen-bond donors (Lipinski definition) is 2. The number of benzene rings is 2. The summed E-state index contributed by atoms with van der Waals surface area (Å²) in [6.07, 6.45) is 1.72. The van der Waals surface area contributed by atoms with Gasteiger partial charge in [0.15, 0.2) is 0 Å². The van der Waals surface area contributed by atoms with Crippen molar-refractivity contribution < 1.29 is 13.9 Å². The number of rotatable bonds is 9. The van der Waals surface area contributed by atoms with E-state index in [0.29, 0.717) is 6.61 Å². The number of amides is 1. The minimum atomic E-state index is -0.344. The Morgan fingerprint density at radius 1 is 1.12 bits per heavy atom. The fourth-order valence-corrected chi connectivity index (χ4v) is 2.51. The van der Waals surface area contributed by atoms with Gasteiger partial charge < -0.3 is 15.8 Å². The molecule has 0 fully saturated rings. The molecule has 0 heterocycles. The van der Waals surface area contributed by atoms with Crippen LogP contribution < -0.4 is 15.8 Å². The summed E-state index contributed by atoms with van der Waals surface area (Å²) in [6, 6.07) is 14.0. The standard InChI is InChI=1S/C20H25FN2O2/c1-3-18(23-14(2)20(22)24)12-15-6-10-19(11-7-15)25-13-16-4-8-17(21)9-5-16/h4-11,14,18,23H,3,12-13H2,1-2H3,(H2,22,24)/t14-,18+/m1/s1. The smallest absolute Gasteiger partial charge is 0.234 e. The Morgan fingerprint density at radius 3 is 2.28 bits per heavy atom. The van der Waals surface area contributed by atoms with Crippen LogP contribution in [-0.2, 0) is 17.8 Å². The van der Waals surface area contributed by atoms with E-state index in [0.717, 1.165) is 29.7 Å². The Kier molecular flexibility index (Phi) is 6.95. The molecule has 25 heavy (non-hydrogen) atoms. The molecule has 0 aliphatic rings. The molecule has 0 bridgehead atoms. The van der Waals surface area contributed by atoms with Gasteiger partial charge in [-0.05, 0) is 55.2 Å². The van der Waals surface area contributed by atoms with Crippen molar-refractivity contribution >= 4 is 5.91 Å². The molecule has 2 aromatic rings. The fourth-order valence-electron chi connectivity index (χ4n) is 2.51. The lowest BCUT2D eigenvalue weighted by Crippen LogP contribution is -2.45. The van der Waals surface area contributed by atoms with E-state index < -0.39 is 0 Å². The lowest BCUT2D eigenvalue weighted by Gasteiger charge is -2.20. The summed E-state index contributed by atoms with van der Waals surface area (Å²) in [5, 5.41) is 3.24. The summed E-state index contributed by atoms with van der Waals surface area (Å²) < 4.78 is 18.6. The molecule has 0 aliphatic heterocycles. The van der Waals surface area contributed by atoms with Crippen molar-refractivity contribution in [1.29, 1.82) is 0 Å². The van der Waals surface area contributed by atoms with Crippen molar-refractivity contribution in [2.24, 2.45) is 5.73 Å². The van der Waals surface area contributed by atoms with Crippen LogP contribution >= 0.6 is 0 Å². The molecule has 2 atom stereocenters. The monoisotopic (exact) mass is 344 g/mol. The summed E-state index contributed by atoms with van der Waals surface area (Å²) in [6.45, 7) is 4.25. The number of ether oxygens (including phenoxy) is 1. The van der Waals surface area contributed by atoms with Crippen LogP contribution in [-0.4, -0.2) is 18.0 Å². The minimum Gasteiger partial charge on any atom is -0.489 e. The fraction of sp³-hybridized carbons (Fsp3) is 0.350. The molecule has 134 valence electrons. The lowest BCUT2D eigenvalue weighted by atomic mass is 10.0. The SMILES string of the molecule is CC[C@@H](Cc1ccc(OCc2ccc(F)cc2)cc1)N[C@H](C)C(N)=O. The maximum absolute atomic E-state index is 12.9. The zero-order chi connectivity index (χ0) is 18.2. The molecule has 0 saturated carbocycles. The van der Waals surface area contributed by atoms with Crippen LogP contribution in [0.25, 0.3) is 0 Å². The van der Waals surface area contributed by atoms with Crippen molar-refractivity contribution in [3.05, 3.63) is 65.5 Å². The van der Waals surface area contributed by atoms with Crippen LogP contribution in [0.2, 0.25) is 0 Å². The number of hydrogen-bond acceptors (Lipinski definition) is 3. The zero-order valence-corrected chi connectivity index (χ0v) is 14.7. The van der Waals surface area contributed by atoms with Gasteiger partial charge in [0.1, 0.15) is 18.2 Å². The maximum Gasteiger partial charge on any atom is 0.234 e. The van der Waals surface area contributed by atoms with Crippen LogP contribution in [0.4, 0.5) is 4.39 Å². The first-order valence-corrected chi connectivity index (χ1v) is 8.49. The third-order valence-corrected chi connectivity index (χ3v) is 4.13. The average molecular weight is 344 g/mol. The van der Waals surface area contributed by atoms with E-state index in [-0.39, 0.29) is 23.8 Å². The van der Waals surface area contributed by atoms with Gasteiger partial charge in [0, 0.05) is 6.04 Å². The van der Waals surface area contributed by atoms with Gasteiger partial charge in [0.25, 0.3) is 0 Å². The highest BCUT2D eigenvalue weighted by Gasteiger charge is 2.14. The molecular formula is C20H25FN2O2. The summed E-state index contributed by atoms with van der Waals surface area (Å²) >= 11 is 0. The summed E-state index contributed by atoms with van der Waals surface area (Å²) in [4.78, 5) is 11.2. The molecule has 4 nitrogen and oxygen atoms in total. The molecule has 3 N–H and O–H groups in total. The van der Waals surface area contributed by atoms with Crippen molar-refractivity contribution in [3.8, 4) is 5.75 Å². The summed E-state index contributed by atoms with van der Waals surface area (Å²) in [5.74, 6) is 0.167. The second kappa shape index (κ2) is 9.18. The Bertz CT molecular complexity index is 671. The van der Waals surface area contributed by atoms with Crippen LogP contribution in [0.15, 0.2) is 48.5 Å². The van der Waals surface area contributed by atoms with Gasteiger partial charge >= 0.3 is 0 Å². The van der Waals surface area contributed by atoms with Crippen LogP contribution in [0, 0.1) is 5.82 Å². The van der Waals surface area contributed by atoms with E-state index in [1.807, 2.05) is 24.3 Å². The Balaban J connectivity index is 1.87. The maximum atomic E-state index is 12.9. The number of carbonyl (C=O) groups excluding carboxylic acids is 1. The normalized spacial score (nSPS) is 13.2. The van der Waals surface area contributed by atoms with Gasteiger partial charge in [-0.1, -0.05) is 31.2 Å². The number of halogens is 1. The predicted molar refractivity (Wildman–Crippen MR) is 96.7 cm³/mol. The molecule has 0 aliphatic carbocycles. The highest BCUT2D eigenvalue weighted by atomic mass is 19.1. The van der Waals surface area contributed by atoms with Crippen molar-refractivity contribution in [2.45, 2.75) is 45.4 Å². The topological polar surface area (TPSA) is 64.3 Å². The second-order valence-electron chi connectivity index (χ2n) is 6.16. The summed E-state index contributed by atoms with van der Waals surface area (Å²) in [7, 11) is 0. The average Bonchev–Trinajstić information content (AvgIpc) is 2.61. The first-order chi connectivity index (χ1) is 12.0. The molecule has 5 heteroatoms. The molecular weight excluding hydrogens is 319 g/mol. The van der Waals surface area contributed by atoms with Crippen molar-refractivity contribution in [3.63, 3.8) is 0 Å². The minimum absolute atomic E-state index is 0.188. The second-order valence-corrected chi connectivity index (χ2v) is 6.16. The number of primary amides is 1. The van der Waals surface area contributed by atoms with Gasteiger partial charge in [-0.15, -0.1) is 0 Å². The Morgan fingerprint density at radius 2 is 1.72 bits per heavy atom. The molecule has 0 aromatic heterocycles. The van der Waals surface area contributed by atoms with Gasteiger partial charge in [0.2, 0.25) is 5.91 Å².